The molecule has 1 aromatic carbocycles. The number of fused-ring (bicyclic) bond motifs is 2. The molecule has 2 nitrogen and oxygen atoms in total. The van der Waals surface area contributed by atoms with E-state index in [0.29, 0.717) is 12.5 Å². The Morgan fingerprint density at radius 2 is 2.00 bits per heavy atom. The Kier molecular flexibility index (Phi) is 3.29. The van der Waals surface area contributed by atoms with E-state index in [0.717, 1.165) is 17.9 Å². The Hall–Kier alpha value is -1.38. The summed E-state index contributed by atoms with van der Waals surface area (Å²) < 4.78 is 12.8. The Morgan fingerprint density at radius 3 is 2.58 bits per heavy atom. The van der Waals surface area contributed by atoms with E-state index in [9.17, 15) is 9.18 Å². The van der Waals surface area contributed by atoms with Gasteiger partial charge in [-0.1, -0.05) is 18.6 Å². The van der Waals surface area contributed by atoms with Crippen molar-refractivity contribution in [3.63, 3.8) is 0 Å². The second-order valence-electron chi connectivity index (χ2n) is 6.10. The molecule has 0 heterocycles. The predicted octanol–water partition coefficient (Wildman–Crippen LogP) is 3.22. The summed E-state index contributed by atoms with van der Waals surface area (Å²) in [5.74, 6) is 1.69. The van der Waals surface area contributed by atoms with E-state index in [-0.39, 0.29) is 17.6 Å². The number of nitrogens with zero attached hydrogens (tertiary/aromatic N) is 1. The van der Waals surface area contributed by atoms with Gasteiger partial charge in [-0.05, 0) is 48.8 Å². The molecule has 3 heteroatoms. The number of hydrogen-bond donors (Lipinski definition) is 0. The first-order chi connectivity index (χ1) is 9.13. The van der Waals surface area contributed by atoms with Crippen LogP contribution >= 0.6 is 0 Å². The fraction of sp³-hybridized carbons (Fsp3) is 0.562. The van der Waals surface area contributed by atoms with Crippen molar-refractivity contribution in [2.24, 2.45) is 17.8 Å². The molecule has 0 N–H and O–H groups in total. The van der Waals surface area contributed by atoms with Crippen molar-refractivity contribution in [2.75, 3.05) is 7.05 Å². The maximum absolute atomic E-state index is 12.8. The lowest BCUT2D eigenvalue weighted by molar-refractivity contribution is -0.136. The number of amides is 1. The summed E-state index contributed by atoms with van der Waals surface area (Å²) in [7, 11) is 1.86. The molecule has 2 fully saturated rings. The van der Waals surface area contributed by atoms with Gasteiger partial charge in [0.05, 0.1) is 0 Å². The van der Waals surface area contributed by atoms with Gasteiger partial charge in [0.1, 0.15) is 5.82 Å². The minimum atomic E-state index is -0.231. The van der Waals surface area contributed by atoms with Crippen molar-refractivity contribution in [3.8, 4) is 0 Å². The Morgan fingerprint density at radius 1 is 1.26 bits per heavy atom. The van der Waals surface area contributed by atoms with Gasteiger partial charge in [-0.15, -0.1) is 0 Å². The molecule has 1 aromatic rings. The van der Waals surface area contributed by atoms with Crippen molar-refractivity contribution in [3.05, 3.63) is 35.6 Å². The molecule has 0 aromatic heterocycles. The Labute approximate surface area is 113 Å². The Bertz CT molecular complexity index is 470. The highest BCUT2D eigenvalue weighted by atomic mass is 19.1. The van der Waals surface area contributed by atoms with Gasteiger partial charge in [-0.25, -0.2) is 4.39 Å². The molecule has 3 rings (SSSR count). The minimum absolute atomic E-state index is 0.231. The molecule has 2 aliphatic carbocycles. The third kappa shape index (κ3) is 2.51. The predicted molar refractivity (Wildman–Crippen MR) is 71.8 cm³/mol. The maximum Gasteiger partial charge on any atom is 0.226 e. The number of rotatable bonds is 3. The van der Waals surface area contributed by atoms with Gasteiger partial charge < -0.3 is 4.90 Å². The summed E-state index contributed by atoms with van der Waals surface area (Å²) in [6, 6.07) is 6.40. The summed E-state index contributed by atoms with van der Waals surface area (Å²) in [6.07, 6.45) is 4.87. The van der Waals surface area contributed by atoms with Crippen molar-refractivity contribution < 1.29 is 9.18 Å². The molecule has 0 radical (unpaired) electrons. The lowest BCUT2D eigenvalue weighted by Crippen LogP contribution is -2.35. The molecule has 2 bridgehead atoms. The van der Waals surface area contributed by atoms with Crippen molar-refractivity contribution >= 4 is 5.91 Å². The van der Waals surface area contributed by atoms with Crippen LogP contribution in [0.1, 0.15) is 31.2 Å². The molecule has 2 saturated carbocycles. The van der Waals surface area contributed by atoms with Gasteiger partial charge in [0, 0.05) is 19.5 Å². The average molecular weight is 261 g/mol. The van der Waals surface area contributed by atoms with Crippen molar-refractivity contribution in [1.82, 2.24) is 4.90 Å². The number of hydrogen-bond acceptors (Lipinski definition) is 1. The lowest BCUT2D eigenvalue weighted by Gasteiger charge is -2.26. The molecule has 0 saturated heterocycles. The monoisotopic (exact) mass is 261 g/mol. The Balaban J connectivity index is 1.62. The zero-order valence-corrected chi connectivity index (χ0v) is 11.3. The van der Waals surface area contributed by atoms with Crippen LogP contribution in [0.25, 0.3) is 0 Å². The SMILES string of the molecule is CN(Cc1ccc(F)cc1)C(=O)C1CC2CCC1C2. The highest BCUT2D eigenvalue weighted by Gasteiger charge is 2.43. The van der Waals surface area contributed by atoms with Gasteiger partial charge in [-0.2, -0.15) is 0 Å². The molecule has 19 heavy (non-hydrogen) atoms. The van der Waals surface area contributed by atoms with Gasteiger partial charge in [-0.3, -0.25) is 4.79 Å². The number of carbonyl (C=O) groups excluding carboxylic acids is 1. The third-order valence-corrected chi connectivity index (χ3v) is 4.76. The van der Waals surface area contributed by atoms with E-state index in [2.05, 4.69) is 0 Å². The summed E-state index contributed by atoms with van der Waals surface area (Å²) in [6.45, 7) is 0.576. The van der Waals surface area contributed by atoms with E-state index < -0.39 is 0 Å². The molecule has 1 amide bonds. The topological polar surface area (TPSA) is 20.3 Å². The first-order valence-electron chi connectivity index (χ1n) is 7.13. The first kappa shape index (κ1) is 12.6. The minimum Gasteiger partial charge on any atom is -0.341 e. The molecular weight excluding hydrogens is 241 g/mol. The van der Waals surface area contributed by atoms with Gasteiger partial charge in [0.2, 0.25) is 5.91 Å². The van der Waals surface area contributed by atoms with Crippen LogP contribution in [0, 0.1) is 23.6 Å². The second-order valence-corrected chi connectivity index (χ2v) is 6.10. The lowest BCUT2D eigenvalue weighted by atomic mass is 9.88. The first-order valence-corrected chi connectivity index (χ1v) is 7.13. The highest BCUT2D eigenvalue weighted by Crippen LogP contribution is 2.48. The number of benzene rings is 1. The molecule has 3 atom stereocenters. The largest absolute Gasteiger partial charge is 0.341 e. The van der Waals surface area contributed by atoms with Crippen LogP contribution in [0.5, 0.6) is 0 Å². The third-order valence-electron chi connectivity index (χ3n) is 4.76. The van der Waals surface area contributed by atoms with Crippen LogP contribution in [-0.2, 0) is 11.3 Å². The second kappa shape index (κ2) is 4.95. The van der Waals surface area contributed by atoms with Crippen LogP contribution in [-0.4, -0.2) is 17.9 Å². The van der Waals surface area contributed by atoms with Crippen molar-refractivity contribution in [1.29, 1.82) is 0 Å². The van der Waals surface area contributed by atoms with Gasteiger partial charge >= 0.3 is 0 Å². The molecule has 3 unspecified atom stereocenters. The molecule has 2 aliphatic rings. The summed E-state index contributed by atoms with van der Waals surface area (Å²) >= 11 is 0. The van der Waals surface area contributed by atoms with Crippen LogP contribution in [0.4, 0.5) is 4.39 Å². The standard InChI is InChI=1S/C16H20FNO/c1-18(10-11-3-6-14(17)7-4-11)16(19)15-9-12-2-5-13(15)8-12/h3-4,6-7,12-13,15H,2,5,8-10H2,1H3. The zero-order valence-electron chi connectivity index (χ0n) is 11.3. The highest BCUT2D eigenvalue weighted by molar-refractivity contribution is 5.79. The molecule has 0 spiro atoms. The molecular formula is C16H20FNO. The van der Waals surface area contributed by atoms with E-state index in [4.69, 9.17) is 0 Å². The van der Waals surface area contributed by atoms with Crippen molar-refractivity contribution in [2.45, 2.75) is 32.2 Å². The fourth-order valence-corrected chi connectivity index (χ4v) is 3.77. The average Bonchev–Trinajstić information content (AvgIpc) is 3.03. The molecule has 0 aliphatic heterocycles. The normalized spacial score (nSPS) is 28.6. The van der Waals surface area contributed by atoms with E-state index >= 15 is 0 Å². The van der Waals surface area contributed by atoms with E-state index in [1.165, 1.54) is 31.4 Å². The van der Waals surface area contributed by atoms with Gasteiger partial charge in [0.15, 0.2) is 0 Å². The number of carbonyl (C=O) groups is 1. The quantitative estimate of drug-likeness (QED) is 0.818. The van der Waals surface area contributed by atoms with E-state index in [1.54, 1.807) is 17.0 Å². The van der Waals surface area contributed by atoms with Crippen LogP contribution in [0.3, 0.4) is 0 Å². The van der Waals surface area contributed by atoms with E-state index in [1.807, 2.05) is 7.05 Å². The zero-order chi connectivity index (χ0) is 13.4. The number of halogens is 1. The summed E-state index contributed by atoms with van der Waals surface area (Å²) in [5, 5.41) is 0. The fourth-order valence-electron chi connectivity index (χ4n) is 3.77. The van der Waals surface area contributed by atoms with Gasteiger partial charge in [0.25, 0.3) is 0 Å². The maximum atomic E-state index is 12.8. The summed E-state index contributed by atoms with van der Waals surface area (Å²) in [5.41, 5.74) is 0.986. The van der Waals surface area contributed by atoms with Crippen LogP contribution in [0.2, 0.25) is 0 Å². The molecule has 102 valence electrons. The smallest absolute Gasteiger partial charge is 0.226 e. The van der Waals surface area contributed by atoms with Crippen LogP contribution < -0.4 is 0 Å². The summed E-state index contributed by atoms with van der Waals surface area (Å²) in [4.78, 5) is 14.3. The van der Waals surface area contributed by atoms with Crippen LogP contribution in [0.15, 0.2) is 24.3 Å².